The number of hydrazone groups is 1. The number of carbonyl (C=O) groups excluding carboxylic acids is 1. The molecule has 116 valence electrons. The molecular weight excluding hydrogens is 306 g/mol. The normalized spacial score (nSPS) is 26.5. The van der Waals surface area contributed by atoms with Gasteiger partial charge in [-0.25, -0.2) is 5.43 Å². The maximum atomic E-state index is 12.1. The van der Waals surface area contributed by atoms with Gasteiger partial charge >= 0.3 is 0 Å². The molecular formula is C15H16ClN3O3. The van der Waals surface area contributed by atoms with Crippen LogP contribution in [0.2, 0.25) is 5.02 Å². The molecule has 0 aromatic heterocycles. The quantitative estimate of drug-likeness (QED) is 0.525. The van der Waals surface area contributed by atoms with Gasteiger partial charge in [0.2, 0.25) is 5.91 Å². The number of benzene rings is 1. The van der Waals surface area contributed by atoms with Gasteiger partial charge in [-0.05, 0) is 30.7 Å². The summed E-state index contributed by atoms with van der Waals surface area (Å²) in [5.41, 5.74) is 2.87. The van der Waals surface area contributed by atoms with Crippen LogP contribution in [0.4, 0.5) is 5.69 Å². The first-order valence-corrected chi connectivity index (χ1v) is 7.72. The SMILES string of the molecule is O=C(NN=Cc1cc([N+](=O)[O-])ccc1Cl)C1[C@H]2CCCC[C@H]12. The van der Waals surface area contributed by atoms with Gasteiger partial charge in [0.15, 0.2) is 0 Å². The zero-order chi connectivity index (χ0) is 15.7. The molecule has 3 rings (SSSR count). The van der Waals surface area contributed by atoms with Crippen molar-refractivity contribution in [1.82, 2.24) is 5.43 Å². The fourth-order valence-electron chi connectivity index (χ4n) is 3.36. The average Bonchev–Trinajstić information content (AvgIpc) is 3.23. The third-order valence-electron chi connectivity index (χ3n) is 4.53. The van der Waals surface area contributed by atoms with Gasteiger partial charge in [-0.15, -0.1) is 0 Å². The van der Waals surface area contributed by atoms with Gasteiger partial charge in [-0.3, -0.25) is 14.9 Å². The highest BCUT2D eigenvalue weighted by atomic mass is 35.5. The van der Waals surface area contributed by atoms with E-state index in [9.17, 15) is 14.9 Å². The van der Waals surface area contributed by atoms with Crippen LogP contribution in [0, 0.1) is 27.9 Å². The molecule has 0 unspecified atom stereocenters. The Balaban J connectivity index is 1.61. The van der Waals surface area contributed by atoms with Crippen molar-refractivity contribution in [3.8, 4) is 0 Å². The van der Waals surface area contributed by atoms with Crippen molar-refractivity contribution in [3.63, 3.8) is 0 Å². The number of carbonyl (C=O) groups is 1. The zero-order valence-corrected chi connectivity index (χ0v) is 12.6. The van der Waals surface area contributed by atoms with Crippen LogP contribution in [0.1, 0.15) is 31.2 Å². The number of nitrogens with one attached hydrogen (secondary N) is 1. The van der Waals surface area contributed by atoms with E-state index in [0.717, 1.165) is 12.8 Å². The average molecular weight is 322 g/mol. The van der Waals surface area contributed by atoms with Crippen LogP contribution < -0.4 is 5.43 Å². The molecule has 2 saturated carbocycles. The van der Waals surface area contributed by atoms with E-state index >= 15 is 0 Å². The number of amides is 1. The summed E-state index contributed by atoms with van der Waals surface area (Å²) >= 11 is 5.96. The Bertz CT molecular complexity index is 635. The van der Waals surface area contributed by atoms with Crippen molar-refractivity contribution in [2.75, 3.05) is 0 Å². The minimum atomic E-state index is -0.499. The smallest absolute Gasteiger partial charge is 0.270 e. The lowest BCUT2D eigenvalue weighted by atomic mass is 10.0. The van der Waals surface area contributed by atoms with Gasteiger partial charge < -0.3 is 0 Å². The highest BCUT2D eigenvalue weighted by Crippen LogP contribution is 2.55. The molecule has 2 aliphatic carbocycles. The van der Waals surface area contributed by atoms with E-state index in [1.165, 1.54) is 37.3 Å². The Morgan fingerprint density at radius 2 is 2.05 bits per heavy atom. The topological polar surface area (TPSA) is 84.6 Å². The Morgan fingerprint density at radius 1 is 1.36 bits per heavy atom. The minimum absolute atomic E-state index is 0.0605. The molecule has 2 fully saturated rings. The van der Waals surface area contributed by atoms with E-state index in [1.54, 1.807) is 0 Å². The number of nitro benzene ring substituents is 1. The summed E-state index contributed by atoms with van der Waals surface area (Å²) in [6.07, 6.45) is 6.01. The van der Waals surface area contributed by atoms with Gasteiger partial charge in [0.1, 0.15) is 0 Å². The summed E-state index contributed by atoms with van der Waals surface area (Å²) in [5.74, 6) is 1.06. The number of nitrogens with zero attached hydrogens (tertiary/aromatic N) is 2. The van der Waals surface area contributed by atoms with E-state index in [-0.39, 0.29) is 17.5 Å². The van der Waals surface area contributed by atoms with Gasteiger partial charge in [0, 0.05) is 28.6 Å². The molecule has 0 heterocycles. The number of hydrogen-bond donors (Lipinski definition) is 1. The largest absolute Gasteiger partial charge is 0.273 e. The second kappa shape index (κ2) is 6.04. The maximum Gasteiger partial charge on any atom is 0.270 e. The molecule has 1 N–H and O–H groups in total. The third kappa shape index (κ3) is 2.97. The van der Waals surface area contributed by atoms with Crippen LogP contribution in [0.25, 0.3) is 0 Å². The number of rotatable bonds is 4. The van der Waals surface area contributed by atoms with E-state index < -0.39 is 4.92 Å². The number of nitro groups is 1. The van der Waals surface area contributed by atoms with Crippen LogP contribution in [0.3, 0.4) is 0 Å². The van der Waals surface area contributed by atoms with Crippen molar-refractivity contribution in [2.45, 2.75) is 25.7 Å². The van der Waals surface area contributed by atoms with Crippen LogP contribution in [0.5, 0.6) is 0 Å². The molecule has 0 aliphatic heterocycles. The highest BCUT2D eigenvalue weighted by molar-refractivity contribution is 6.33. The van der Waals surface area contributed by atoms with E-state index in [1.807, 2.05) is 0 Å². The summed E-state index contributed by atoms with van der Waals surface area (Å²) in [5, 5.41) is 15.0. The van der Waals surface area contributed by atoms with Crippen LogP contribution in [0.15, 0.2) is 23.3 Å². The van der Waals surface area contributed by atoms with Crippen molar-refractivity contribution >= 4 is 29.4 Å². The molecule has 0 spiro atoms. The fraction of sp³-hybridized carbons (Fsp3) is 0.467. The first-order valence-electron chi connectivity index (χ1n) is 7.35. The monoisotopic (exact) mass is 321 g/mol. The van der Waals surface area contributed by atoms with E-state index in [4.69, 9.17) is 11.6 Å². The molecule has 1 amide bonds. The number of non-ortho nitro benzene ring substituents is 1. The van der Waals surface area contributed by atoms with E-state index in [0.29, 0.717) is 22.4 Å². The molecule has 2 atom stereocenters. The van der Waals surface area contributed by atoms with E-state index in [2.05, 4.69) is 10.5 Å². The molecule has 6 nitrogen and oxygen atoms in total. The first-order chi connectivity index (χ1) is 10.6. The first kappa shape index (κ1) is 15.0. The number of hydrogen-bond acceptors (Lipinski definition) is 4. The molecule has 22 heavy (non-hydrogen) atoms. The predicted octanol–water partition coefficient (Wildman–Crippen LogP) is 3.13. The van der Waals surface area contributed by atoms with Crippen LogP contribution in [-0.4, -0.2) is 17.0 Å². The van der Waals surface area contributed by atoms with Gasteiger partial charge in [0.25, 0.3) is 5.69 Å². The second-order valence-electron chi connectivity index (χ2n) is 5.84. The molecule has 1 aromatic rings. The van der Waals surface area contributed by atoms with Crippen molar-refractivity contribution in [3.05, 3.63) is 38.9 Å². The van der Waals surface area contributed by atoms with Crippen LogP contribution >= 0.6 is 11.6 Å². The van der Waals surface area contributed by atoms with Crippen LogP contribution in [-0.2, 0) is 4.79 Å². The summed E-state index contributed by atoms with van der Waals surface area (Å²) in [4.78, 5) is 22.3. The van der Waals surface area contributed by atoms with Crippen molar-refractivity contribution in [2.24, 2.45) is 22.9 Å². The molecule has 7 heteroatoms. The lowest BCUT2D eigenvalue weighted by Gasteiger charge is -2.04. The highest BCUT2D eigenvalue weighted by Gasteiger charge is 2.54. The van der Waals surface area contributed by atoms with Gasteiger partial charge in [-0.2, -0.15) is 5.10 Å². The fourth-order valence-corrected chi connectivity index (χ4v) is 3.53. The van der Waals surface area contributed by atoms with Crippen molar-refractivity contribution < 1.29 is 9.72 Å². The second-order valence-corrected chi connectivity index (χ2v) is 6.24. The molecule has 0 saturated heterocycles. The molecule has 1 aromatic carbocycles. The van der Waals surface area contributed by atoms with Gasteiger partial charge in [0.05, 0.1) is 11.1 Å². The number of fused-ring (bicyclic) bond motifs is 1. The Morgan fingerprint density at radius 3 is 2.68 bits per heavy atom. The molecule has 0 radical (unpaired) electrons. The summed E-state index contributed by atoms with van der Waals surface area (Å²) in [7, 11) is 0. The summed E-state index contributed by atoms with van der Waals surface area (Å²) < 4.78 is 0. The Hall–Kier alpha value is -1.95. The summed E-state index contributed by atoms with van der Waals surface area (Å²) in [6, 6.07) is 4.10. The lowest BCUT2D eigenvalue weighted by Crippen LogP contribution is -2.20. The Labute approximate surface area is 132 Å². The third-order valence-corrected chi connectivity index (χ3v) is 4.87. The molecule has 2 aliphatic rings. The predicted molar refractivity (Wildman–Crippen MR) is 82.8 cm³/mol. The van der Waals surface area contributed by atoms with Crippen molar-refractivity contribution in [1.29, 1.82) is 0 Å². The zero-order valence-electron chi connectivity index (χ0n) is 11.9. The summed E-state index contributed by atoms with van der Waals surface area (Å²) in [6.45, 7) is 0. The Kier molecular flexibility index (Phi) is 4.11. The minimum Gasteiger partial charge on any atom is -0.273 e. The van der Waals surface area contributed by atoms with Gasteiger partial charge in [-0.1, -0.05) is 24.4 Å². The molecule has 0 bridgehead atoms. The standard InChI is InChI=1S/C15H16ClN3O3/c16-13-6-5-10(19(21)22)7-9(13)8-17-18-15(20)14-11-3-1-2-4-12(11)14/h5-8,11-12,14H,1-4H2,(H,18,20)/t11-,12-/m0/s1. The number of halogens is 1. The lowest BCUT2D eigenvalue weighted by molar-refractivity contribution is -0.384. The maximum absolute atomic E-state index is 12.1.